The van der Waals surface area contributed by atoms with Crippen LogP contribution in [-0.4, -0.2) is 42.8 Å². The molecule has 0 spiro atoms. The molecule has 0 unspecified atom stereocenters. The van der Waals surface area contributed by atoms with Crippen molar-refractivity contribution in [1.29, 1.82) is 5.26 Å². The zero-order valence-electron chi connectivity index (χ0n) is 16.0. The number of aromatic nitrogens is 5. The molecule has 0 saturated carbocycles. The Kier molecular flexibility index (Phi) is 5.99. The molecule has 0 aromatic carbocycles. The van der Waals surface area contributed by atoms with Crippen LogP contribution in [0.2, 0.25) is 0 Å². The van der Waals surface area contributed by atoms with Crippen molar-refractivity contribution in [2.24, 2.45) is 0 Å². The first kappa shape index (κ1) is 20.2. The lowest BCUT2D eigenvalue weighted by molar-refractivity contribution is 0.296. The van der Waals surface area contributed by atoms with Crippen LogP contribution in [0.3, 0.4) is 0 Å². The van der Waals surface area contributed by atoms with Crippen LogP contribution in [0.15, 0.2) is 55.4 Å². The first-order valence-electron chi connectivity index (χ1n) is 9.09. The van der Waals surface area contributed by atoms with Crippen LogP contribution in [0.25, 0.3) is 16.3 Å². The van der Waals surface area contributed by atoms with Crippen LogP contribution in [0.1, 0.15) is 4.88 Å². The fourth-order valence-corrected chi connectivity index (χ4v) is 3.53. The third-order valence-corrected chi connectivity index (χ3v) is 5.18. The Morgan fingerprint density at radius 1 is 1.16 bits per heavy atom. The van der Waals surface area contributed by atoms with E-state index in [0.29, 0.717) is 35.4 Å². The number of imidazole rings is 1. The second-order valence-corrected chi connectivity index (χ2v) is 7.29. The number of hydrogen-bond acceptors (Lipinski definition) is 11. The van der Waals surface area contributed by atoms with Gasteiger partial charge < -0.3 is 25.6 Å². The largest absolute Gasteiger partial charge is 0.733 e. The number of anilines is 3. The summed E-state index contributed by atoms with van der Waals surface area (Å²) in [6.07, 6.45) is 8.11. The molecule has 0 bridgehead atoms. The number of pyridine rings is 1. The van der Waals surface area contributed by atoms with Gasteiger partial charge in [-0.25, -0.2) is 19.9 Å². The van der Waals surface area contributed by atoms with Crippen molar-refractivity contribution in [3.05, 3.63) is 65.5 Å². The van der Waals surface area contributed by atoms with Crippen molar-refractivity contribution < 1.29 is 5.21 Å². The highest BCUT2D eigenvalue weighted by Crippen LogP contribution is 2.31. The van der Waals surface area contributed by atoms with Gasteiger partial charge >= 0.3 is 0 Å². The fraction of sp³-hybridized carbons (Fsp3) is 0.105. The molecule has 0 saturated heterocycles. The van der Waals surface area contributed by atoms with E-state index < -0.39 is 0 Å². The standard InChI is InChI=1S/C19H16N9O2S/c20-9-14-2-3-16(31-14)18-15(27-8-7-21-12-27)11-25-19(26-18)23-6-5-22-17-4-1-13(10-24-17)28(29)30/h1-4,7-8,10-12,29H,5-6H2,(H,22,24)(H,23,25,26)/q-1. The van der Waals surface area contributed by atoms with Crippen LogP contribution in [0.5, 0.6) is 0 Å². The number of nitrogens with zero attached hydrogens (tertiary/aromatic N) is 7. The summed E-state index contributed by atoms with van der Waals surface area (Å²) in [4.78, 5) is 18.6. The molecule has 0 amide bonds. The van der Waals surface area contributed by atoms with Crippen molar-refractivity contribution in [2.75, 3.05) is 28.9 Å². The fourth-order valence-electron chi connectivity index (χ4n) is 2.73. The summed E-state index contributed by atoms with van der Waals surface area (Å²) >= 11 is 1.36. The van der Waals surface area contributed by atoms with Crippen molar-refractivity contribution in [3.63, 3.8) is 0 Å². The molecule has 0 radical (unpaired) electrons. The third-order valence-electron chi connectivity index (χ3n) is 4.18. The van der Waals surface area contributed by atoms with E-state index in [0.717, 1.165) is 10.6 Å². The second-order valence-electron chi connectivity index (χ2n) is 6.20. The first-order valence-corrected chi connectivity index (χ1v) is 9.91. The maximum absolute atomic E-state index is 10.8. The number of nitriles is 1. The minimum absolute atomic E-state index is 0.0516. The number of thiophene rings is 1. The van der Waals surface area contributed by atoms with Gasteiger partial charge in [-0.05, 0) is 24.3 Å². The Morgan fingerprint density at radius 3 is 2.71 bits per heavy atom. The summed E-state index contributed by atoms with van der Waals surface area (Å²) in [6, 6.07) is 8.82. The average molecular weight is 434 g/mol. The van der Waals surface area contributed by atoms with E-state index in [-0.39, 0.29) is 10.9 Å². The Morgan fingerprint density at radius 2 is 2.03 bits per heavy atom. The minimum Gasteiger partial charge on any atom is -0.733 e. The summed E-state index contributed by atoms with van der Waals surface area (Å²) in [7, 11) is 0. The van der Waals surface area contributed by atoms with Gasteiger partial charge in [-0.2, -0.15) is 5.26 Å². The van der Waals surface area contributed by atoms with Crippen LogP contribution in [0, 0.1) is 16.5 Å². The molecule has 0 fully saturated rings. The summed E-state index contributed by atoms with van der Waals surface area (Å²) in [6.45, 7) is 1.03. The zero-order valence-corrected chi connectivity index (χ0v) is 16.8. The molecule has 4 aromatic heterocycles. The minimum atomic E-state index is -0.242. The second kappa shape index (κ2) is 9.18. The van der Waals surface area contributed by atoms with Gasteiger partial charge in [0.05, 0.1) is 35.0 Å². The molecule has 156 valence electrons. The van der Waals surface area contributed by atoms with Gasteiger partial charge in [-0.1, -0.05) is 0 Å². The molecule has 0 aliphatic carbocycles. The average Bonchev–Trinajstić information content (AvgIpc) is 3.49. The van der Waals surface area contributed by atoms with E-state index in [9.17, 15) is 5.21 Å². The maximum atomic E-state index is 10.8. The van der Waals surface area contributed by atoms with Gasteiger partial charge in [0.25, 0.3) is 0 Å². The Hall–Kier alpha value is -4.05. The molecule has 0 atom stereocenters. The summed E-state index contributed by atoms with van der Waals surface area (Å²) in [5.74, 6) is 1.00. The monoisotopic (exact) mass is 434 g/mol. The first-order chi connectivity index (χ1) is 15.1. The van der Waals surface area contributed by atoms with Crippen molar-refractivity contribution in [2.45, 2.75) is 0 Å². The highest BCUT2D eigenvalue weighted by Gasteiger charge is 2.13. The highest BCUT2D eigenvalue weighted by molar-refractivity contribution is 7.16. The molecule has 31 heavy (non-hydrogen) atoms. The maximum Gasteiger partial charge on any atom is 0.223 e. The van der Waals surface area contributed by atoms with E-state index in [2.05, 4.69) is 36.6 Å². The number of hydrogen-bond donors (Lipinski definition) is 3. The van der Waals surface area contributed by atoms with E-state index >= 15 is 0 Å². The Bertz CT molecular complexity index is 1180. The van der Waals surface area contributed by atoms with Gasteiger partial charge in [0.1, 0.15) is 22.5 Å². The SMILES string of the molecule is N#Cc1ccc(-c2nc(NCCNc3ccc(N([O-])O)cn3)ncc2-n2ccnc2)s1. The van der Waals surface area contributed by atoms with Crippen LogP contribution in [0.4, 0.5) is 17.5 Å². The summed E-state index contributed by atoms with van der Waals surface area (Å²) in [5.41, 5.74) is 1.50. The molecule has 0 aliphatic heterocycles. The highest BCUT2D eigenvalue weighted by atomic mass is 32.1. The summed E-state index contributed by atoms with van der Waals surface area (Å²) in [5, 5.41) is 34.8. The lowest BCUT2D eigenvalue weighted by Crippen LogP contribution is -2.16. The van der Waals surface area contributed by atoms with E-state index in [4.69, 9.17) is 10.5 Å². The van der Waals surface area contributed by atoms with Gasteiger partial charge in [0.2, 0.25) is 5.95 Å². The smallest absolute Gasteiger partial charge is 0.223 e. The molecule has 4 rings (SSSR count). The Balaban J connectivity index is 1.45. The van der Waals surface area contributed by atoms with E-state index in [1.165, 1.54) is 23.6 Å². The van der Waals surface area contributed by atoms with Crippen LogP contribution < -0.4 is 15.9 Å². The number of rotatable bonds is 8. The van der Waals surface area contributed by atoms with Crippen LogP contribution >= 0.6 is 11.3 Å². The molecular weight excluding hydrogens is 418 g/mol. The molecular formula is C19H16N9O2S-. The Labute approximate surface area is 180 Å². The normalized spacial score (nSPS) is 10.5. The zero-order chi connectivity index (χ0) is 21.6. The number of nitrogens with one attached hydrogen (secondary N) is 2. The molecule has 12 heteroatoms. The van der Waals surface area contributed by atoms with Crippen LogP contribution in [-0.2, 0) is 0 Å². The third kappa shape index (κ3) is 4.75. The molecule has 11 nitrogen and oxygen atoms in total. The predicted octanol–water partition coefficient (Wildman–Crippen LogP) is 2.87. The predicted molar refractivity (Wildman–Crippen MR) is 116 cm³/mol. The van der Waals surface area contributed by atoms with Gasteiger partial charge in [-0.15, -0.1) is 11.3 Å². The van der Waals surface area contributed by atoms with Crippen molar-refractivity contribution in [3.8, 4) is 22.3 Å². The van der Waals surface area contributed by atoms with Crippen molar-refractivity contribution in [1.82, 2.24) is 24.5 Å². The lowest BCUT2D eigenvalue weighted by atomic mass is 10.3. The quantitative estimate of drug-likeness (QED) is 0.279. The van der Waals surface area contributed by atoms with Gasteiger partial charge in [-0.3, -0.25) is 5.21 Å². The molecule has 4 heterocycles. The van der Waals surface area contributed by atoms with Gasteiger partial charge in [0, 0.05) is 25.5 Å². The topological polar surface area (TPSA) is 151 Å². The lowest BCUT2D eigenvalue weighted by Gasteiger charge is -2.20. The van der Waals surface area contributed by atoms with E-state index in [1.54, 1.807) is 37.1 Å². The molecule has 4 aromatic rings. The molecule has 0 aliphatic rings. The van der Waals surface area contributed by atoms with Gasteiger partial charge in [0.15, 0.2) is 0 Å². The van der Waals surface area contributed by atoms with E-state index in [1.807, 2.05) is 10.6 Å². The molecule has 3 N–H and O–H groups in total. The summed E-state index contributed by atoms with van der Waals surface area (Å²) < 4.78 is 1.82. The van der Waals surface area contributed by atoms with Crippen molar-refractivity contribution >= 4 is 28.8 Å².